The highest BCUT2D eigenvalue weighted by Crippen LogP contribution is 2.32. The minimum Gasteiger partial charge on any atom is -0.348 e. The van der Waals surface area contributed by atoms with Gasteiger partial charge in [0.25, 0.3) is 5.91 Å². The van der Waals surface area contributed by atoms with Crippen LogP contribution in [0.15, 0.2) is 47.4 Å². The van der Waals surface area contributed by atoms with Crippen molar-refractivity contribution < 1.29 is 13.2 Å². The van der Waals surface area contributed by atoms with Crippen LogP contribution in [0.1, 0.15) is 46.6 Å². The summed E-state index contributed by atoms with van der Waals surface area (Å²) in [6.07, 6.45) is 2.59. The molecule has 0 unspecified atom stereocenters. The van der Waals surface area contributed by atoms with Gasteiger partial charge in [-0.15, -0.1) is 0 Å². The highest BCUT2D eigenvalue weighted by atomic mass is 35.5. The average molecular weight is 521 g/mol. The van der Waals surface area contributed by atoms with Crippen molar-refractivity contribution in [3.05, 3.63) is 75.0 Å². The van der Waals surface area contributed by atoms with Crippen molar-refractivity contribution in [1.82, 2.24) is 19.4 Å². The monoisotopic (exact) mass is 520 g/mol. The molecule has 0 bridgehead atoms. The molecular formula is C24H26Cl2N4O3S. The minimum atomic E-state index is -3.82. The van der Waals surface area contributed by atoms with Crippen LogP contribution in [0.5, 0.6) is 0 Å². The Balaban J connectivity index is 1.58. The first-order valence-electron chi connectivity index (χ1n) is 11.1. The number of nitrogens with one attached hydrogen (secondary N) is 1. The predicted molar refractivity (Wildman–Crippen MR) is 133 cm³/mol. The maximum atomic E-state index is 13.2. The van der Waals surface area contributed by atoms with Gasteiger partial charge in [-0.1, -0.05) is 47.8 Å². The number of rotatable bonds is 6. The number of piperidine rings is 1. The molecule has 2 heterocycles. The molecule has 1 fully saturated rings. The molecule has 1 N–H and O–H groups in total. The first-order valence-corrected chi connectivity index (χ1v) is 13.3. The maximum Gasteiger partial charge on any atom is 0.253 e. The summed E-state index contributed by atoms with van der Waals surface area (Å²) in [6.45, 7) is 4.91. The number of aryl methyl sites for hydroxylation is 1. The van der Waals surface area contributed by atoms with E-state index >= 15 is 0 Å². The van der Waals surface area contributed by atoms with Gasteiger partial charge in [-0.3, -0.25) is 4.79 Å². The van der Waals surface area contributed by atoms with Crippen LogP contribution in [0.25, 0.3) is 5.69 Å². The third kappa shape index (κ3) is 4.86. The summed E-state index contributed by atoms with van der Waals surface area (Å²) >= 11 is 12.5. The van der Waals surface area contributed by atoms with Crippen LogP contribution < -0.4 is 5.32 Å². The first kappa shape index (κ1) is 24.7. The number of hydrogen-bond acceptors (Lipinski definition) is 4. The van der Waals surface area contributed by atoms with Crippen LogP contribution in [0.4, 0.5) is 0 Å². The normalized spacial score (nSPS) is 14.8. The van der Waals surface area contributed by atoms with Crippen LogP contribution in [-0.4, -0.2) is 41.5 Å². The zero-order valence-corrected chi connectivity index (χ0v) is 21.3. The number of aromatic nitrogens is 2. The average Bonchev–Trinajstić information content (AvgIpc) is 3.11. The molecule has 2 aromatic carbocycles. The van der Waals surface area contributed by atoms with Gasteiger partial charge in [0, 0.05) is 30.9 Å². The Hall–Kier alpha value is -2.39. The van der Waals surface area contributed by atoms with E-state index in [0.717, 1.165) is 41.9 Å². The Bertz CT molecular complexity index is 1320. The van der Waals surface area contributed by atoms with E-state index in [1.54, 1.807) is 0 Å². The molecular weight excluding hydrogens is 495 g/mol. The number of nitrogens with zero attached hydrogens (tertiary/aromatic N) is 3. The Labute approximate surface area is 209 Å². The summed E-state index contributed by atoms with van der Waals surface area (Å²) in [7, 11) is -3.82. The second-order valence-corrected chi connectivity index (χ2v) is 11.0. The lowest BCUT2D eigenvalue weighted by Gasteiger charge is -2.26. The van der Waals surface area contributed by atoms with Gasteiger partial charge in [0.05, 0.1) is 27.0 Å². The highest BCUT2D eigenvalue weighted by Gasteiger charge is 2.30. The molecule has 34 heavy (non-hydrogen) atoms. The number of halogens is 2. The zero-order valence-electron chi connectivity index (χ0n) is 19.0. The largest absolute Gasteiger partial charge is 0.348 e. The molecule has 0 atom stereocenters. The zero-order chi connectivity index (χ0) is 24.5. The van der Waals surface area contributed by atoms with Gasteiger partial charge < -0.3 is 5.32 Å². The summed E-state index contributed by atoms with van der Waals surface area (Å²) < 4.78 is 29.6. The van der Waals surface area contributed by atoms with E-state index in [0.29, 0.717) is 13.1 Å². The Kier molecular flexibility index (Phi) is 7.33. The number of carbonyl (C=O) groups is 1. The number of benzene rings is 2. The Morgan fingerprint density at radius 2 is 1.71 bits per heavy atom. The van der Waals surface area contributed by atoms with E-state index in [1.165, 1.54) is 16.4 Å². The molecule has 0 saturated carbocycles. The molecule has 1 saturated heterocycles. The fraction of sp³-hybridized carbons (Fsp3) is 0.333. The summed E-state index contributed by atoms with van der Waals surface area (Å²) in [5.41, 5.74) is 3.56. The molecule has 7 nitrogen and oxygen atoms in total. The molecule has 10 heteroatoms. The smallest absolute Gasteiger partial charge is 0.253 e. The highest BCUT2D eigenvalue weighted by molar-refractivity contribution is 7.89. The van der Waals surface area contributed by atoms with Gasteiger partial charge in [-0.05, 0) is 51.0 Å². The van der Waals surface area contributed by atoms with Crippen molar-refractivity contribution in [2.45, 2.75) is 44.6 Å². The molecule has 4 rings (SSSR count). The molecule has 0 aliphatic carbocycles. The fourth-order valence-electron chi connectivity index (χ4n) is 4.16. The number of sulfonamides is 1. The van der Waals surface area contributed by atoms with Crippen LogP contribution in [0, 0.1) is 13.8 Å². The molecule has 1 aliphatic heterocycles. The Morgan fingerprint density at radius 3 is 2.38 bits per heavy atom. The van der Waals surface area contributed by atoms with E-state index in [9.17, 15) is 13.2 Å². The summed E-state index contributed by atoms with van der Waals surface area (Å²) in [5, 5.41) is 7.54. The lowest BCUT2D eigenvalue weighted by molar-refractivity contribution is 0.0951. The van der Waals surface area contributed by atoms with Gasteiger partial charge in [0.2, 0.25) is 10.0 Å². The van der Waals surface area contributed by atoms with Gasteiger partial charge in [0.1, 0.15) is 4.90 Å². The maximum absolute atomic E-state index is 13.2. The molecule has 1 aromatic heterocycles. The number of carbonyl (C=O) groups excluding carboxylic acids is 1. The summed E-state index contributed by atoms with van der Waals surface area (Å²) in [6, 6.07) is 12.3. The Morgan fingerprint density at radius 1 is 1.03 bits per heavy atom. The molecule has 1 amide bonds. The lowest BCUT2D eigenvalue weighted by atomic mass is 10.1. The van der Waals surface area contributed by atoms with Crippen molar-refractivity contribution in [3.63, 3.8) is 0 Å². The fourth-order valence-corrected chi connectivity index (χ4v) is 6.51. The van der Waals surface area contributed by atoms with Crippen LogP contribution in [0.3, 0.4) is 0 Å². The summed E-state index contributed by atoms with van der Waals surface area (Å²) in [5.74, 6) is -0.483. The van der Waals surface area contributed by atoms with Gasteiger partial charge in [-0.25, -0.2) is 13.1 Å². The van der Waals surface area contributed by atoms with Crippen molar-refractivity contribution in [3.8, 4) is 5.69 Å². The van der Waals surface area contributed by atoms with Crippen LogP contribution >= 0.6 is 23.2 Å². The molecule has 3 aromatic rings. The van der Waals surface area contributed by atoms with Crippen LogP contribution in [0.2, 0.25) is 10.0 Å². The topological polar surface area (TPSA) is 84.3 Å². The molecule has 0 spiro atoms. The third-order valence-corrected chi connectivity index (χ3v) is 8.74. The second kappa shape index (κ2) is 10.1. The van der Waals surface area contributed by atoms with E-state index in [-0.39, 0.29) is 27.0 Å². The molecule has 1 aliphatic rings. The standard InChI is InChI=1S/C24H26Cl2N4O3S/c1-16-20(17(2)30(28-16)18-9-5-3-6-10-18)15-27-24(31)19-13-23(22(26)14-21(19)25)34(32,33)29-11-7-4-8-12-29/h3,5-6,9-10,13-14H,4,7-8,11-12,15H2,1-2H3,(H,27,31). The van der Waals surface area contributed by atoms with Crippen molar-refractivity contribution in [2.24, 2.45) is 0 Å². The lowest BCUT2D eigenvalue weighted by Crippen LogP contribution is -2.36. The van der Waals surface area contributed by atoms with Crippen molar-refractivity contribution in [1.29, 1.82) is 0 Å². The van der Waals surface area contributed by atoms with Gasteiger partial charge in [0.15, 0.2) is 0 Å². The molecule has 180 valence electrons. The third-order valence-electron chi connectivity index (χ3n) is 6.07. The number of amides is 1. The first-order chi connectivity index (χ1) is 16.2. The van der Waals surface area contributed by atoms with E-state index < -0.39 is 15.9 Å². The second-order valence-electron chi connectivity index (χ2n) is 8.31. The van der Waals surface area contributed by atoms with Gasteiger partial charge in [-0.2, -0.15) is 9.40 Å². The van der Waals surface area contributed by atoms with E-state index in [2.05, 4.69) is 10.4 Å². The minimum absolute atomic E-state index is 0.00273. The van der Waals surface area contributed by atoms with E-state index in [1.807, 2.05) is 48.9 Å². The van der Waals surface area contributed by atoms with Crippen molar-refractivity contribution >= 4 is 39.1 Å². The predicted octanol–water partition coefficient (Wildman–Crippen LogP) is 4.90. The summed E-state index contributed by atoms with van der Waals surface area (Å²) in [4.78, 5) is 12.9. The quantitative estimate of drug-likeness (QED) is 0.500. The number of para-hydroxylation sites is 1. The van der Waals surface area contributed by atoms with E-state index in [4.69, 9.17) is 23.2 Å². The van der Waals surface area contributed by atoms with Crippen LogP contribution in [-0.2, 0) is 16.6 Å². The SMILES string of the molecule is Cc1nn(-c2ccccc2)c(C)c1CNC(=O)c1cc(S(=O)(=O)N2CCCCC2)c(Cl)cc1Cl. The van der Waals surface area contributed by atoms with Crippen molar-refractivity contribution in [2.75, 3.05) is 13.1 Å². The molecule has 0 radical (unpaired) electrons. The van der Waals surface area contributed by atoms with Gasteiger partial charge >= 0.3 is 0 Å². The number of hydrogen-bond donors (Lipinski definition) is 1.